The van der Waals surface area contributed by atoms with Gasteiger partial charge in [0, 0.05) is 31.7 Å². The summed E-state index contributed by atoms with van der Waals surface area (Å²) in [4.78, 5) is 24.1. The van der Waals surface area contributed by atoms with Crippen LogP contribution in [-0.4, -0.2) is 45.7 Å². The standard InChI is InChI=1S/C23H29N5O2/c1-16(2)15-21-25-19-8-6-12-24-22(19)28(21)17-10-13-27(14-11-17)23(29)26-18-7-4-5-9-20(18)30-3/h4-9,12,16-17H,10-11,13-15H2,1-3H3,(H,26,29). The van der Waals surface area contributed by atoms with E-state index >= 15 is 0 Å². The topological polar surface area (TPSA) is 72.3 Å². The third-order valence-corrected chi connectivity index (χ3v) is 5.58. The number of nitrogens with zero attached hydrogens (tertiary/aromatic N) is 4. The van der Waals surface area contributed by atoms with Crippen LogP contribution >= 0.6 is 0 Å². The van der Waals surface area contributed by atoms with Crippen LogP contribution in [0.25, 0.3) is 11.2 Å². The first-order valence-corrected chi connectivity index (χ1v) is 10.6. The Morgan fingerprint density at radius 2 is 1.97 bits per heavy atom. The number of amides is 2. The maximum absolute atomic E-state index is 12.8. The predicted molar refractivity (Wildman–Crippen MR) is 118 cm³/mol. The molecule has 1 aliphatic heterocycles. The van der Waals surface area contributed by atoms with Gasteiger partial charge in [-0.2, -0.15) is 0 Å². The van der Waals surface area contributed by atoms with E-state index in [1.807, 2.05) is 47.5 Å². The Bertz CT molecular complexity index is 1020. The van der Waals surface area contributed by atoms with E-state index in [9.17, 15) is 4.79 Å². The van der Waals surface area contributed by atoms with Crippen LogP contribution in [0.3, 0.4) is 0 Å². The van der Waals surface area contributed by atoms with E-state index in [2.05, 4.69) is 28.7 Å². The van der Waals surface area contributed by atoms with E-state index in [-0.39, 0.29) is 6.03 Å². The van der Waals surface area contributed by atoms with Gasteiger partial charge in [-0.1, -0.05) is 26.0 Å². The number of ether oxygens (including phenoxy) is 1. The summed E-state index contributed by atoms with van der Waals surface area (Å²) >= 11 is 0. The quantitative estimate of drug-likeness (QED) is 0.676. The maximum atomic E-state index is 12.8. The molecule has 0 bridgehead atoms. The summed E-state index contributed by atoms with van der Waals surface area (Å²) < 4.78 is 7.65. The number of hydrogen-bond donors (Lipinski definition) is 1. The van der Waals surface area contributed by atoms with Crippen LogP contribution in [0.4, 0.5) is 10.5 Å². The molecule has 158 valence electrons. The molecule has 3 heterocycles. The first-order valence-electron chi connectivity index (χ1n) is 10.6. The first kappa shape index (κ1) is 20.2. The van der Waals surface area contributed by atoms with Gasteiger partial charge in [0.2, 0.25) is 0 Å². The van der Waals surface area contributed by atoms with Crippen LogP contribution in [-0.2, 0) is 6.42 Å². The van der Waals surface area contributed by atoms with E-state index in [0.29, 0.717) is 36.5 Å². The van der Waals surface area contributed by atoms with Gasteiger partial charge in [-0.25, -0.2) is 14.8 Å². The van der Waals surface area contributed by atoms with Gasteiger partial charge in [-0.3, -0.25) is 0 Å². The number of hydrogen-bond acceptors (Lipinski definition) is 4. The van der Waals surface area contributed by atoms with Crippen molar-refractivity contribution < 1.29 is 9.53 Å². The summed E-state index contributed by atoms with van der Waals surface area (Å²) in [5.41, 5.74) is 2.59. The van der Waals surface area contributed by atoms with Gasteiger partial charge >= 0.3 is 6.03 Å². The molecule has 0 radical (unpaired) electrons. The monoisotopic (exact) mass is 407 g/mol. The van der Waals surface area contributed by atoms with Crippen molar-refractivity contribution >= 4 is 22.9 Å². The molecule has 30 heavy (non-hydrogen) atoms. The Morgan fingerprint density at radius 3 is 2.70 bits per heavy atom. The molecule has 1 fully saturated rings. The minimum atomic E-state index is -0.0889. The first-order chi connectivity index (χ1) is 14.6. The number of aromatic nitrogens is 3. The molecule has 0 aliphatic carbocycles. The van der Waals surface area contributed by atoms with Gasteiger partial charge in [0.1, 0.15) is 17.1 Å². The number of piperidine rings is 1. The van der Waals surface area contributed by atoms with Gasteiger partial charge in [0.05, 0.1) is 12.8 Å². The van der Waals surface area contributed by atoms with Crippen LogP contribution in [0.15, 0.2) is 42.6 Å². The van der Waals surface area contributed by atoms with Crippen LogP contribution in [0.2, 0.25) is 0 Å². The number of nitrogens with one attached hydrogen (secondary N) is 1. The molecule has 0 atom stereocenters. The number of anilines is 1. The van der Waals surface area contributed by atoms with E-state index in [0.717, 1.165) is 36.3 Å². The Hall–Kier alpha value is -3.09. The molecule has 4 rings (SSSR count). The number of likely N-dealkylation sites (tertiary alicyclic amines) is 1. The molecule has 0 spiro atoms. The van der Waals surface area contributed by atoms with Crippen molar-refractivity contribution in [1.29, 1.82) is 0 Å². The number of fused-ring (bicyclic) bond motifs is 1. The molecule has 2 amide bonds. The smallest absolute Gasteiger partial charge is 0.321 e. The minimum Gasteiger partial charge on any atom is -0.495 e. The summed E-state index contributed by atoms with van der Waals surface area (Å²) in [6, 6.07) is 11.6. The summed E-state index contributed by atoms with van der Waals surface area (Å²) in [6.07, 6.45) is 4.51. The van der Waals surface area contributed by atoms with E-state index < -0.39 is 0 Å². The van der Waals surface area contributed by atoms with Crippen molar-refractivity contribution in [3.05, 3.63) is 48.4 Å². The molecule has 7 nitrogen and oxygen atoms in total. The third-order valence-electron chi connectivity index (χ3n) is 5.58. The van der Waals surface area contributed by atoms with Gasteiger partial charge in [0.15, 0.2) is 5.65 Å². The second-order valence-electron chi connectivity index (χ2n) is 8.19. The van der Waals surface area contributed by atoms with Crippen LogP contribution in [0.1, 0.15) is 38.6 Å². The zero-order chi connectivity index (χ0) is 21.1. The highest BCUT2D eigenvalue weighted by Crippen LogP contribution is 2.30. The van der Waals surface area contributed by atoms with Crippen LogP contribution < -0.4 is 10.1 Å². The van der Waals surface area contributed by atoms with E-state index in [1.165, 1.54) is 0 Å². The zero-order valence-corrected chi connectivity index (χ0v) is 17.8. The highest BCUT2D eigenvalue weighted by atomic mass is 16.5. The van der Waals surface area contributed by atoms with Crippen molar-refractivity contribution in [2.24, 2.45) is 5.92 Å². The molecule has 1 aromatic carbocycles. The lowest BCUT2D eigenvalue weighted by atomic mass is 10.0. The zero-order valence-electron chi connectivity index (χ0n) is 17.8. The molecule has 0 saturated carbocycles. The van der Waals surface area contributed by atoms with Crippen molar-refractivity contribution in [2.45, 2.75) is 39.2 Å². The summed E-state index contributed by atoms with van der Waals surface area (Å²) in [5.74, 6) is 2.28. The number of para-hydroxylation sites is 2. The summed E-state index contributed by atoms with van der Waals surface area (Å²) in [5, 5.41) is 2.98. The molecular weight excluding hydrogens is 378 g/mol. The minimum absolute atomic E-state index is 0.0889. The molecule has 0 unspecified atom stereocenters. The lowest BCUT2D eigenvalue weighted by Crippen LogP contribution is -2.41. The molecule has 3 aromatic rings. The van der Waals surface area contributed by atoms with Crippen LogP contribution in [0.5, 0.6) is 5.75 Å². The Balaban J connectivity index is 1.48. The number of methoxy groups -OCH3 is 1. The van der Waals surface area contributed by atoms with Crippen molar-refractivity contribution in [3.63, 3.8) is 0 Å². The van der Waals surface area contributed by atoms with E-state index in [1.54, 1.807) is 7.11 Å². The fraction of sp³-hybridized carbons (Fsp3) is 0.435. The normalized spacial score (nSPS) is 15.0. The highest BCUT2D eigenvalue weighted by Gasteiger charge is 2.27. The lowest BCUT2D eigenvalue weighted by molar-refractivity contribution is 0.183. The maximum Gasteiger partial charge on any atom is 0.321 e. The van der Waals surface area contributed by atoms with Crippen molar-refractivity contribution in [3.8, 4) is 5.75 Å². The second kappa shape index (κ2) is 8.73. The van der Waals surface area contributed by atoms with Crippen molar-refractivity contribution in [1.82, 2.24) is 19.4 Å². The SMILES string of the molecule is COc1ccccc1NC(=O)N1CCC(n2c(CC(C)C)nc3cccnc32)CC1. The largest absolute Gasteiger partial charge is 0.495 e. The summed E-state index contributed by atoms with van der Waals surface area (Å²) in [7, 11) is 1.61. The molecular formula is C23H29N5O2. The molecule has 2 aromatic heterocycles. The number of carbonyl (C=O) groups excluding carboxylic acids is 1. The molecule has 1 N–H and O–H groups in total. The third kappa shape index (κ3) is 4.10. The predicted octanol–water partition coefficient (Wildman–Crippen LogP) is 4.51. The van der Waals surface area contributed by atoms with Crippen LogP contribution in [0, 0.1) is 5.92 Å². The second-order valence-corrected chi connectivity index (χ2v) is 8.19. The van der Waals surface area contributed by atoms with Gasteiger partial charge in [-0.15, -0.1) is 0 Å². The van der Waals surface area contributed by atoms with Crippen molar-refractivity contribution in [2.75, 3.05) is 25.5 Å². The number of benzene rings is 1. The number of pyridine rings is 1. The number of urea groups is 1. The molecule has 7 heteroatoms. The van der Waals surface area contributed by atoms with Gasteiger partial charge in [-0.05, 0) is 43.0 Å². The fourth-order valence-electron chi connectivity index (χ4n) is 4.14. The highest BCUT2D eigenvalue weighted by molar-refractivity contribution is 5.91. The van der Waals surface area contributed by atoms with Gasteiger partial charge in [0.25, 0.3) is 0 Å². The molecule has 1 saturated heterocycles. The number of rotatable bonds is 5. The Labute approximate surface area is 177 Å². The Morgan fingerprint density at radius 1 is 1.20 bits per heavy atom. The average molecular weight is 408 g/mol. The summed E-state index contributed by atoms with van der Waals surface area (Å²) in [6.45, 7) is 5.81. The van der Waals surface area contributed by atoms with Gasteiger partial charge < -0.3 is 19.5 Å². The molecule has 1 aliphatic rings. The average Bonchev–Trinajstić information content (AvgIpc) is 3.11. The number of carbonyl (C=O) groups is 1. The fourth-order valence-corrected chi connectivity index (χ4v) is 4.14. The number of imidazole rings is 1. The Kier molecular flexibility index (Phi) is 5.88. The van der Waals surface area contributed by atoms with E-state index in [4.69, 9.17) is 9.72 Å². The lowest BCUT2D eigenvalue weighted by Gasteiger charge is -2.33.